The van der Waals surface area contributed by atoms with Crippen LogP contribution in [-0.2, 0) is 0 Å². The Morgan fingerprint density at radius 2 is 1.83 bits per heavy atom. The van der Waals surface area contributed by atoms with Crippen molar-refractivity contribution in [2.75, 3.05) is 0 Å². The van der Waals surface area contributed by atoms with E-state index in [-0.39, 0.29) is 0 Å². The van der Waals surface area contributed by atoms with Gasteiger partial charge in [-0.25, -0.2) is 9.97 Å². The summed E-state index contributed by atoms with van der Waals surface area (Å²) < 4.78 is 0. The molecule has 0 saturated carbocycles. The molecule has 2 aromatic heterocycles. The van der Waals surface area contributed by atoms with Crippen LogP contribution >= 0.6 is 0 Å². The minimum Gasteiger partial charge on any atom is -0.261 e. The van der Waals surface area contributed by atoms with Gasteiger partial charge in [0, 0.05) is 18.6 Å². The lowest BCUT2D eigenvalue weighted by Gasteiger charge is -1.93. The predicted molar refractivity (Wildman–Crippen MR) is 40.9 cm³/mol. The maximum absolute atomic E-state index is 4.02. The molecule has 12 heavy (non-hydrogen) atoms. The Balaban J connectivity index is 2.46. The van der Waals surface area contributed by atoms with Gasteiger partial charge in [-0.1, -0.05) is 0 Å². The van der Waals surface area contributed by atoms with Crippen molar-refractivity contribution in [2.24, 2.45) is 0 Å². The van der Waals surface area contributed by atoms with Gasteiger partial charge in [0.2, 0.25) is 5.82 Å². The van der Waals surface area contributed by atoms with Crippen LogP contribution in [0.3, 0.4) is 0 Å². The Labute approximate surface area is 68.6 Å². The summed E-state index contributed by atoms with van der Waals surface area (Å²) in [4.78, 5) is 11.9. The van der Waals surface area contributed by atoms with E-state index in [1.807, 2.05) is 0 Å². The predicted octanol–water partition coefficient (Wildman–Crippen LogP) is 0.329. The first-order valence-electron chi connectivity index (χ1n) is 3.37. The smallest absolute Gasteiger partial charge is 0.201 e. The summed E-state index contributed by atoms with van der Waals surface area (Å²) >= 11 is 0. The van der Waals surface area contributed by atoms with Crippen LogP contribution in [0.4, 0.5) is 0 Å². The number of hydrogen-bond acceptors (Lipinski definition) is 5. The molecule has 0 aliphatic heterocycles. The van der Waals surface area contributed by atoms with Gasteiger partial charge in [0.15, 0.2) is 0 Å². The van der Waals surface area contributed by atoms with Crippen LogP contribution in [0.25, 0.3) is 11.5 Å². The van der Waals surface area contributed by atoms with Crippen LogP contribution < -0.4 is 0 Å². The number of hydrogen-bond donors (Lipinski definition) is 0. The van der Waals surface area contributed by atoms with Crippen molar-refractivity contribution in [2.45, 2.75) is 0 Å². The van der Waals surface area contributed by atoms with Crippen LogP contribution in [0.1, 0.15) is 0 Å². The summed E-state index contributed by atoms with van der Waals surface area (Å²) in [5.41, 5.74) is 0.630. The molecule has 2 aromatic rings. The Kier molecular flexibility index (Phi) is 1.69. The lowest BCUT2D eigenvalue weighted by atomic mass is 10.4. The van der Waals surface area contributed by atoms with Crippen molar-refractivity contribution in [1.82, 2.24) is 25.1 Å². The van der Waals surface area contributed by atoms with Crippen LogP contribution in [0, 0.1) is 0 Å². The summed E-state index contributed by atoms with van der Waals surface area (Å²) in [6.07, 6.45) is 7.86. The van der Waals surface area contributed by atoms with Crippen molar-refractivity contribution < 1.29 is 0 Å². The van der Waals surface area contributed by atoms with E-state index in [4.69, 9.17) is 0 Å². The van der Waals surface area contributed by atoms with Gasteiger partial charge < -0.3 is 0 Å². The van der Waals surface area contributed by atoms with Crippen LogP contribution in [0.5, 0.6) is 0 Å². The van der Waals surface area contributed by atoms with Gasteiger partial charge in [-0.2, -0.15) is 5.10 Å². The van der Waals surface area contributed by atoms with Gasteiger partial charge >= 0.3 is 0 Å². The fourth-order valence-electron chi connectivity index (χ4n) is 0.780. The zero-order valence-corrected chi connectivity index (χ0v) is 6.12. The van der Waals surface area contributed by atoms with Gasteiger partial charge in [0.1, 0.15) is 5.69 Å². The maximum atomic E-state index is 4.02. The third-order valence-electron chi connectivity index (χ3n) is 1.27. The molecule has 5 heteroatoms. The standard InChI is InChI=1S/C7H5N5/c1-2-9-6(5-8-1)7-10-3-4-11-12-7/h1-5H. The van der Waals surface area contributed by atoms with Crippen LogP contribution in [-0.4, -0.2) is 25.1 Å². The molecule has 0 fully saturated rings. The van der Waals surface area contributed by atoms with Gasteiger partial charge in [-0.3, -0.25) is 4.98 Å². The van der Waals surface area contributed by atoms with E-state index in [2.05, 4.69) is 25.1 Å². The van der Waals surface area contributed by atoms with Gasteiger partial charge in [0.05, 0.1) is 12.4 Å². The molecule has 0 bridgehead atoms. The summed E-state index contributed by atoms with van der Waals surface area (Å²) in [6, 6.07) is 0. The SMILES string of the molecule is c1cnc(-c2nccnn2)cn1. The largest absolute Gasteiger partial charge is 0.261 e. The fraction of sp³-hybridized carbons (Fsp3) is 0. The average molecular weight is 159 g/mol. The molecule has 0 amide bonds. The van der Waals surface area contributed by atoms with Crippen molar-refractivity contribution in [1.29, 1.82) is 0 Å². The number of aromatic nitrogens is 5. The second-order valence-corrected chi connectivity index (χ2v) is 2.06. The normalized spacial score (nSPS) is 9.67. The molecule has 0 aliphatic rings. The lowest BCUT2D eigenvalue weighted by molar-refractivity contribution is 0.966. The third kappa shape index (κ3) is 1.24. The Bertz CT molecular complexity index is 309. The molecule has 2 heterocycles. The van der Waals surface area contributed by atoms with E-state index in [0.29, 0.717) is 11.5 Å². The Hall–Kier alpha value is -1.91. The molecule has 0 saturated heterocycles. The Morgan fingerprint density at radius 1 is 0.917 bits per heavy atom. The highest BCUT2D eigenvalue weighted by Crippen LogP contribution is 2.04. The molecule has 0 spiro atoms. The van der Waals surface area contributed by atoms with E-state index in [0.717, 1.165) is 0 Å². The molecule has 0 aliphatic carbocycles. The number of nitrogens with zero attached hydrogens (tertiary/aromatic N) is 5. The quantitative estimate of drug-likeness (QED) is 0.599. The fourth-order valence-corrected chi connectivity index (χ4v) is 0.780. The second-order valence-electron chi connectivity index (χ2n) is 2.06. The van der Waals surface area contributed by atoms with Gasteiger partial charge in [0.25, 0.3) is 0 Å². The summed E-state index contributed by atoms with van der Waals surface area (Å²) in [6.45, 7) is 0. The molecule has 0 radical (unpaired) electrons. The molecule has 2 rings (SSSR count). The molecular formula is C7H5N5. The van der Waals surface area contributed by atoms with Crippen LogP contribution in [0.2, 0.25) is 0 Å². The highest BCUT2D eigenvalue weighted by atomic mass is 15.1. The molecule has 58 valence electrons. The molecule has 0 atom stereocenters. The van der Waals surface area contributed by atoms with Crippen molar-refractivity contribution >= 4 is 0 Å². The van der Waals surface area contributed by atoms with Gasteiger partial charge in [-0.05, 0) is 0 Å². The maximum Gasteiger partial charge on any atom is 0.201 e. The topological polar surface area (TPSA) is 64.5 Å². The van der Waals surface area contributed by atoms with E-state index in [9.17, 15) is 0 Å². The first-order chi connectivity index (χ1) is 5.97. The third-order valence-corrected chi connectivity index (χ3v) is 1.27. The van der Waals surface area contributed by atoms with E-state index < -0.39 is 0 Å². The van der Waals surface area contributed by atoms with Crippen molar-refractivity contribution in [3.8, 4) is 11.5 Å². The van der Waals surface area contributed by atoms with E-state index in [1.165, 1.54) is 6.20 Å². The summed E-state index contributed by atoms with van der Waals surface area (Å²) in [5, 5.41) is 7.47. The van der Waals surface area contributed by atoms with Crippen LogP contribution in [0.15, 0.2) is 31.0 Å². The molecule has 0 aromatic carbocycles. The monoisotopic (exact) mass is 159 g/mol. The van der Waals surface area contributed by atoms with Gasteiger partial charge in [-0.15, -0.1) is 5.10 Å². The average Bonchev–Trinajstić information content (AvgIpc) is 2.21. The van der Waals surface area contributed by atoms with E-state index >= 15 is 0 Å². The molecule has 5 nitrogen and oxygen atoms in total. The highest BCUT2D eigenvalue weighted by molar-refractivity contribution is 5.44. The first-order valence-corrected chi connectivity index (χ1v) is 3.37. The molecular weight excluding hydrogens is 154 g/mol. The lowest BCUT2D eigenvalue weighted by Crippen LogP contribution is -1.92. The summed E-state index contributed by atoms with van der Waals surface area (Å²) in [5.74, 6) is 0.491. The van der Waals surface area contributed by atoms with Crippen molar-refractivity contribution in [3.63, 3.8) is 0 Å². The zero-order chi connectivity index (χ0) is 8.23. The first kappa shape index (κ1) is 6.78. The second kappa shape index (κ2) is 3.00. The highest BCUT2D eigenvalue weighted by Gasteiger charge is 1.99. The summed E-state index contributed by atoms with van der Waals surface area (Å²) in [7, 11) is 0. The van der Waals surface area contributed by atoms with Crippen molar-refractivity contribution in [3.05, 3.63) is 31.0 Å². The zero-order valence-electron chi connectivity index (χ0n) is 6.12. The minimum atomic E-state index is 0.491. The molecule has 0 N–H and O–H groups in total. The number of rotatable bonds is 1. The molecule has 0 unspecified atom stereocenters. The minimum absolute atomic E-state index is 0.491. The Morgan fingerprint density at radius 3 is 2.50 bits per heavy atom. The van der Waals surface area contributed by atoms with E-state index in [1.54, 1.807) is 24.8 Å².